The van der Waals surface area contributed by atoms with Crippen LogP contribution in [-0.4, -0.2) is 83.5 Å². The Morgan fingerprint density at radius 1 is 0.614 bits per heavy atom. The third-order valence-electron chi connectivity index (χ3n) is 10.0. The number of ether oxygens (including phenoxy) is 8. The molecule has 0 amide bonds. The Labute approximate surface area is 352 Å². The summed E-state index contributed by atoms with van der Waals surface area (Å²) in [6, 6.07) is 22.6. The van der Waals surface area contributed by atoms with Gasteiger partial charge in [-0.05, 0) is 78.6 Å². The zero-order chi connectivity index (χ0) is 37.6. The standard InChI is InChI=1S/C42H46N4O8.3ClH/c1-47-37-18-29(19-38(48-2)41(37)51-5)33-9-7-28(23-44-33)25-46(32-8-10-35-36(22-32)54-26-53-35)31-12-15-45(16-13-31)24-27-11-14-43-34(17-27)30-20-39(49-3)42(52-6)40(21-30)50-4;;;/h7-11,14,17-23,31H,12-13,15-16,24-26H2,1-6H3;3*1H. The maximum atomic E-state index is 5.78. The summed E-state index contributed by atoms with van der Waals surface area (Å²) in [6.07, 6.45) is 5.80. The molecule has 0 spiro atoms. The Balaban J connectivity index is 0.00000240. The van der Waals surface area contributed by atoms with E-state index in [1.54, 1.807) is 42.7 Å². The summed E-state index contributed by atoms with van der Waals surface area (Å²) >= 11 is 0. The van der Waals surface area contributed by atoms with E-state index in [0.29, 0.717) is 47.1 Å². The maximum Gasteiger partial charge on any atom is 0.231 e. The van der Waals surface area contributed by atoms with Crippen LogP contribution in [0.25, 0.3) is 22.5 Å². The van der Waals surface area contributed by atoms with Gasteiger partial charge in [-0.2, -0.15) is 0 Å². The average Bonchev–Trinajstić information content (AvgIpc) is 3.70. The average molecular weight is 844 g/mol. The molecule has 0 saturated carbocycles. The first-order valence-electron chi connectivity index (χ1n) is 17.8. The van der Waals surface area contributed by atoms with Gasteiger partial charge in [-0.3, -0.25) is 14.9 Å². The van der Waals surface area contributed by atoms with E-state index in [0.717, 1.165) is 77.7 Å². The second-order valence-electron chi connectivity index (χ2n) is 13.1. The summed E-state index contributed by atoms with van der Waals surface area (Å²) in [5.74, 6) is 5.01. The Morgan fingerprint density at radius 2 is 1.19 bits per heavy atom. The fourth-order valence-corrected chi connectivity index (χ4v) is 7.22. The van der Waals surface area contributed by atoms with Crippen LogP contribution in [0.15, 0.2) is 79.1 Å². The van der Waals surface area contributed by atoms with Gasteiger partial charge in [0.05, 0.1) is 54.0 Å². The van der Waals surface area contributed by atoms with Crippen molar-refractivity contribution in [3.8, 4) is 68.5 Å². The molecular weight excluding hydrogens is 795 g/mol. The highest BCUT2D eigenvalue weighted by Gasteiger charge is 2.27. The van der Waals surface area contributed by atoms with E-state index >= 15 is 0 Å². The molecule has 4 heterocycles. The van der Waals surface area contributed by atoms with Gasteiger partial charge in [0.25, 0.3) is 0 Å². The normalized spacial score (nSPS) is 13.3. The van der Waals surface area contributed by atoms with Crippen LogP contribution in [0.3, 0.4) is 0 Å². The Kier molecular flexibility index (Phi) is 16.0. The van der Waals surface area contributed by atoms with E-state index < -0.39 is 0 Å². The highest BCUT2D eigenvalue weighted by atomic mass is 35.5. The van der Waals surface area contributed by atoms with Crippen molar-refractivity contribution in [1.82, 2.24) is 14.9 Å². The number of anilines is 1. The number of aromatic nitrogens is 2. The number of fused-ring (bicyclic) bond motifs is 1. The molecule has 2 aromatic heterocycles. The van der Waals surface area contributed by atoms with Crippen LogP contribution in [0.4, 0.5) is 5.69 Å². The molecule has 7 rings (SSSR count). The SMILES string of the molecule is COc1cc(-c2ccc(CN(c3ccc4c(c3)OCO4)C3CCN(Cc4ccnc(-c5cc(OC)c(OC)c(OC)c5)c4)CC3)cn2)cc(OC)c1OC.Cl.Cl.Cl. The highest BCUT2D eigenvalue weighted by molar-refractivity contribution is 5.86. The second-order valence-corrected chi connectivity index (χ2v) is 13.1. The molecule has 1 saturated heterocycles. The van der Waals surface area contributed by atoms with E-state index in [1.165, 1.54) is 5.56 Å². The Bertz CT molecular complexity index is 2030. The van der Waals surface area contributed by atoms with E-state index in [2.05, 4.69) is 45.1 Å². The van der Waals surface area contributed by atoms with Gasteiger partial charge in [0, 0.05) is 67.5 Å². The molecule has 5 aromatic rings. The summed E-state index contributed by atoms with van der Waals surface area (Å²) < 4.78 is 44.8. The summed E-state index contributed by atoms with van der Waals surface area (Å²) in [5, 5.41) is 0. The lowest BCUT2D eigenvalue weighted by molar-refractivity contribution is 0.174. The number of hydrogen-bond acceptors (Lipinski definition) is 12. The number of likely N-dealkylation sites (tertiary alicyclic amines) is 1. The number of methoxy groups -OCH3 is 6. The van der Waals surface area contributed by atoms with Crippen molar-refractivity contribution in [2.75, 3.05) is 67.4 Å². The van der Waals surface area contributed by atoms with Crippen molar-refractivity contribution in [1.29, 1.82) is 0 Å². The van der Waals surface area contributed by atoms with Crippen LogP contribution in [-0.2, 0) is 13.1 Å². The number of nitrogens with zero attached hydrogens (tertiary/aromatic N) is 4. The van der Waals surface area contributed by atoms with Gasteiger partial charge in [0.15, 0.2) is 34.5 Å². The minimum atomic E-state index is 0. The third kappa shape index (κ3) is 9.76. The zero-order valence-electron chi connectivity index (χ0n) is 32.8. The van der Waals surface area contributed by atoms with Gasteiger partial charge in [0.2, 0.25) is 18.3 Å². The van der Waals surface area contributed by atoms with Crippen molar-refractivity contribution in [3.05, 3.63) is 90.3 Å². The molecule has 0 unspecified atom stereocenters. The topological polar surface area (TPSA) is 106 Å². The van der Waals surface area contributed by atoms with Gasteiger partial charge >= 0.3 is 0 Å². The van der Waals surface area contributed by atoms with Crippen LogP contribution < -0.4 is 42.8 Å². The van der Waals surface area contributed by atoms with Gasteiger partial charge in [0.1, 0.15) is 0 Å². The molecule has 0 aliphatic carbocycles. The fourth-order valence-electron chi connectivity index (χ4n) is 7.22. The van der Waals surface area contributed by atoms with Gasteiger partial charge < -0.3 is 42.8 Å². The van der Waals surface area contributed by atoms with Crippen molar-refractivity contribution in [3.63, 3.8) is 0 Å². The molecule has 1 fully saturated rings. The fraction of sp³-hybridized carbons (Fsp3) is 0.333. The van der Waals surface area contributed by atoms with Gasteiger partial charge in [-0.1, -0.05) is 6.07 Å². The number of hydrogen-bond donors (Lipinski definition) is 0. The summed E-state index contributed by atoms with van der Waals surface area (Å²) in [4.78, 5) is 14.5. The lowest BCUT2D eigenvalue weighted by Gasteiger charge is -2.40. The predicted molar refractivity (Wildman–Crippen MR) is 227 cm³/mol. The number of benzene rings is 3. The minimum Gasteiger partial charge on any atom is -0.493 e. The van der Waals surface area contributed by atoms with Crippen LogP contribution >= 0.6 is 37.2 Å². The minimum absolute atomic E-state index is 0. The third-order valence-corrected chi connectivity index (χ3v) is 10.0. The molecule has 15 heteroatoms. The summed E-state index contributed by atoms with van der Waals surface area (Å²) in [7, 11) is 9.66. The molecular formula is C42H49Cl3N4O8. The second kappa shape index (κ2) is 20.4. The van der Waals surface area contributed by atoms with Crippen LogP contribution in [0.5, 0.6) is 46.0 Å². The van der Waals surface area contributed by atoms with Crippen LogP contribution in [0.1, 0.15) is 24.0 Å². The van der Waals surface area contributed by atoms with E-state index in [4.69, 9.17) is 42.9 Å². The predicted octanol–water partition coefficient (Wildman–Crippen LogP) is 8.53. The van der Waals surface area contributed by atoms with Crippen molar-refractivity contribution < 1.29 is 37.9 Å². The van der Waals surface area contributed by atoms with Gasteiger partial charge in [-0.25, -0.2) is 0 Å². The lowest BCUT2D eigenvalue weighted by atomic mass is 10.00. The van der Waals surface area contributed by atoms with Crippen LogP contribution in [0, 0.1) is 0 Å². The smallest absolute Gasteiger partial charge is 0.231 e. The van der Waals surface area contributed by atoms with E-state index in [9.17, 15) is 0 Å². The molecule has 2 aliphatic rings. The first kappa shape index (κ1) is 44.7. The van der Waals surface area contributed by atoms with E-state index in [-0.39, 0.29) is 44.0 Å². The first-order chi connectivity index (χ1) is 26.4. The lowest BCUT2D eigenvalue weighted by Crippen LogP contribution is -2.44. The molecule has 57 heavy (non-hydrogen) atoms. The maximum absolute atomic E-state index is 5.78. The summed E-state index contributed by atoms with van der Waals surface area (Å²) in [5.41, 5.74) is 6.82. The summed E-state index contributed by atoms with van der Waals surface area (Å²) in [6.45, 7) is 3.65. The number of piperidine rings is 1. The monoisotopic (exact) mass is 842 g/mol. The zero-order valence-corrected chi connectivity index (χ0v) is 35.3. The first-order valence-corrected chi connectivity index (χ1v) is 17.8. The van der Waals surface area contributed by atoms with Crippen molar-refractivity contribution in [2.45, 2.75) is 32.0 Å². The Hall–Kier alpha value is -5.01. The van der Waals surface area contributed by atoms with Crippen molar-refractivity contribution >= 4 is 42.9 Å². The molecule has 2 aliphatic heterocycles. The van der Waals surface area contributed by atoms with E-state index in [1.807, 2.05) is 48.8 Å². The Morgan fingerprint density at radius 3 is 1.74 bits per heavy atom. The number of rotatable bonds is 14. The molecule has 3 aromatic carbocycles. The molecule has 0 N–H and O–H groups in total. The van der Waals surface area contributed by atoms with Gasteiger partial charge in [-0.15, -0.1) is 37.2 Å². The van der Waals surface area contributed by atoms with Crippen molar-refractivity contribution in [2.24, 2.45) is 0 Å². The molecule has 12 nitrogen and oxygen atoms in total. The molecule has 306 valence electrons. The quantitative estimate of drug-likeness (QED) is 0.107. The largest absolute Gasteiger partial charge is 0.493 e. The number of halogens is 3. The molecule has 0 bridgehead atoms. The number of pyridine rings is 2. The molecule has 0 radical (unpaired) electrons. The highest BCUT2D eigenvalue weighted by Crippen LogP contribution is 2.43. The van der Waals surface area contributed by atoms with Crippen LogP contribution in [0.2, 0.25) is 0 Å². The molecule has 0 atom stereocenters.